The molecule has 0 saturated carbocycles. The van der Waals surface area contributed by atoms with Crippen LogP contribution in [0.1, 0.15) is 62.3 Å². The fourth-order valence-corrected chi connectivity index (χ4v) is 6.96. The molecular weight excluding hydrogens is 653 g/mol. The summed E-state index contributed by atoms with van der Waals surface area (Å²) in [6.07, 6.45) is 1.62. The number of fused-ring (bicyclic) bond motifs is 2. The number of amides is 6. The second-order valence-electron chi connectivity index (χ2n) is 11.9. The molecular formula is C36H41Cl2N5O5. The van der Waals surface area contributed by atoms with Gasteiger partial charge >= 0.3 is 12.1 Å². The number of carbonyl (C=O) groups is 4. The smallest absolute Gasteiger partial charge is 0.328 e. The number of carbonyl (C=O) groups excluding carboxylic acids is 4. The number of nitrogens with one attached hydrogen (secondary N) is 3. The van der Waals surface area contributed by atoms with E-state index < -0.39 is 11.5 Å². The van der Waals surface area contributed by atoms with Crippen molar-refractivity contribution in [1.29, 1.82) is 0 Å². The van der Waals surface area contributed by atoms with Crippen molar-refractivity contribution >= 4 is 52.8 Å². The van der Waals surface area contributed by atoms with Crippen molar-refractivity contribution in [2.24, 2.45) is 0 Å². The monoisotopic (exact) mass is 693 g/mol. The van der Waals surface area contributed by atoms with Gasteiger partial charge in [0.25, 0.3) is 0 Å². The lowest BCUT2D eigenvalue weighted by molar-refractivity contribution is -0.130. The SMILES string of the molecule is CC.Cc1ccc(OC2CCN(C(=O)N3CCNC3=O)CC2)c([C@H]2NC(=O)CC[C@]23C(=O)Nc2cc(Cl)ccc23)c1.Clc1ccccc1. The zero-order chi connectivity index (χ0) is 34.4. The van der Waals surface area contributed by atoms with E-state index >= 15 is 0 Å². The molecule has 1 spiro atoms. The highest BCUT2D eigenvalue weighted by Crippen LogP contribution is 2.53. The normalized spacial score (nSPS) is 21.6. The van der Waals surface area contributed by atoms with Crippen LogP contribution in [0.2, 0.25) is 10.0 Å². The Labute approximate surface area is 291 Å². The van der Waals surface area contributed by atoms with Crippen LogP contribution in [-0.2, 0) is 15.0 Å². The number of imide groups is 1. The largest absolute Gasteiger partial charge is 0.490 e. The number of hydrogen-bond acceptors (Lipinski definition) is 5. The zero-order valence-electron chi connectivity index (χ0n) is 27.4. The van der Waals surface area contributed by atoms with E-state index in [0.29, 0.717) is 61.9 Å². The molecule has 10 nitrogen and oxygen atoms in total. The standard InChI is InChI=1S/C28H30ClN5O5.C6H5Cl.C2H6/c1-16-2-5-22(39-18-7-11-33(12-8-18)27(38)34-13-10-30-26(34)37)19(14-16)24-28(9-6-23(35)32-24)20-4-3-17(29)15-21(20)31-25(28)36;7-6-4-2-1-3-5-6;1-2/h2-5,14-15,18,24H,6-13H2,1H3,(H,30,37)(H,31,36)(H,32,35);1-5H;1-2H3/t24-,28-;;/m1../s1. The van der Waals surface area contributed by atoms with E-state index in [9.17, 15) is 19.2 Å². The van der Waals surface area contributed by atoms with Gasteiger partial charge in [-0.1, -0.05) is 79.0 Å². The first-order chi connectivity index (χ1) is 23.2. The Morgan fingerprint density at radius 3 is 2.29 bits per heavy atom. The van der Waals surface area contributed by atoms with Crippen LogP contribution in [0.25, 0.3) is 0 Å². The van der Waals surface area contributed by atoms with Crippen LogP contribution in [0.3, 0.4) is 0 Å². The summed E-state index contributed by atoms with van der Waals surface area (Å²) in [5.74, 6) is 0.312. The molecule has 0 unspecified atom stereocenters. The molecule has 3 aromatic rings. The molecule has 7 rings (SSSR count). The Morgan fingerprint density at radius 1 is 0.917 bits per heavy atom. The summed E-state index contributed by atoms with van der Waals surface area (Å²) in [5, 5.41) is 10.1. The van der Waals surface area contributed by atoms with Gasteiger partial charge in [0, 0.05) is 66.7 Å². The lowest BCUT2D eigenvalue weighted by Gasteiger charge is -2.41. The average molecular weight is 695 g/mol. The number of ether oxygens (including phenoxy) is 1. The number of nitrogens with zero attached hydrogens (tertiary/aromatic N) is 2. The predicted octanol–water partition coefficient (Wildman–Crippen LogP) is 6.84. The molecule has 4 aliphatic heterocycles. The van der Waals surface area contributed by atoms with E-state index in [2.05, 4.69) is 16.0 Å². The fourth-order valence-electron chi connectivity index (χ4n) is 6.64. The van der Waals surface area contributed by atoms with E-state index in [-0.39, 0.29) is 36.4 Å². The first kappa shape index (κ1) is 35.0. The number of hydrogen-bond donors (Lipinski definition) is 3. The number of aryl methyl sites for hydroxylation is 1. The minimum Gasteiger partial charge on any atom is -0.490 e. The molecule has 0 aromatic heterocycles. The van der Waals surface area contributed by atoms with E-state index in [4.69, 9.17) is 27.9 Å². The van der Waals surface area contributed by atoms with Crippen LogP contribution in [0, 0.1) is 6.92 Å². The molecule has 3 aromatic carbocycles. The Morgan fingerprint density at radius 2 is 1.65 bits per heavy atom. The molecule has 4 aliphatic rings. The van der Waals surface area contributed by atoms with Crippen LogP contribution in [-0.4, -0.2) is 66.0 Å². The van der Waals surface area contributed by atoms with Crippen molar-refractivity contribution in [3.05, 3.63) is 93.5 Å². The number of halogens is 2. The molecule has 48 heavy (non-hydrogen) atoms. The van der Waals surface area contributed by atoms with Gasteiger partial charge in [0.1, 0.15) is 17.3 Å². The second kappa shape index (κ2) is 15.3. The lowest BCUT2D eigenvalue weighted by atomic mass is 9.67. The first-order valence-electron chi connectivity index (χ1n) is 16.4. The number of urea groups is 2. The Bertz CT molecular complexity index is 1660. The molecule has 254 valence electrons. The highest BCUT2D eigenvalue weighted by molar-refractivity contribution is 6.31. The predicted molar refractivity (Wildman–Crippen MR) is 187 cm³/mol. The van der Waals surface area contributed by atoms with Gasteiger partial charge in [-0.15, -0.1) is 0 Å². The summed E-state index contributed by atoms with van der Waals surface area (Å²) in [7, 11) is 0. The molecule has 3 N–H and O–H groups in total. The summed E-state index contributed by atoms with van der Waals surface area (Å²) in [5.41, 5.74) is 2.20. The van der Waals surface area contributed by atoms with Gasteiger partial charge in [0.2, 0.25) is 11.8 Å². The number of likely N-dealkylation sites (tertiary alicyclic amines) is 1. The number of anilines is 1. The molecule has 3 fully saturated rings. The highest BCUT2D eigenvalue weighted by Gasteiger charge is 2.56. The van der Waals surface area contributed by atoms with E-state index in [1.165, 1.54) is 4.90 Å². The molecule has 4 heterocycles. The summed E-state index contributed by atoms with van der Waals surface area (Å²) in [4.78, 5) is 53.9. The zero-order valence-corrected chi connectivity index (χ0v) is 28.9. The van der Waals surface area contributed by atoms with Crippen LogP contribution < -0.4 is 20.7 Å². The van der Waals surface area contributed by atoms with Crippen LogP contribution in [0.5, 0.6) is 5.75 Å². The summed E-state index contributed by atoms with van der Waals surface area (Å²) in [6, 6.07) is 19.4. The van der Waals surface area contributed by atoms with E-state index in [1.807, 2.05) is 75.4 Å². The number of benzene rings is 3. The maximum absolute atomic E-state index is 13.6. The van der Waals surface area contributed by atoms with Gasteiger partial charge in [-0.2, -0.15) is 0 Å². The van der Waals surface area contributed by atoms with Crippen molar-refractivity contribution in [2.75, 3.05) is 31.5 Å². The number of rotatable bonds is 3. The Hall–Kier alpha value is -4.28. The molecule has 0 radical (unpaired) electrons. The molecule has 12 heteroatoms. The van der Waals surface area contributed by atoms with Crippen molar-refractivity contribution in [3.63, 3.8) is 0 Å². The molecule has 3 saturated heterocycles. The number of piperidine rings is 2. The maximum Gasteiger partial charge on any atom is 0.328 e. The van der Waals surface area contributed by atoms with Gasteiger partial charge in [0.05, 0.1) is 6.04 Å². The topological polar surface area (TPSA) is 120 Å². The van der Waals surface area contributed by atoms with Gasteiger partial charge in [0.15, 0.2) is 0 Å². The molecule has 6 amide bonds. The minimum atomic E-state index is -0.994. The third kappa shape index (κ3) is 7.24. The molecule has 0 aliphatic carbocycles. The third-order valence-corrected chi connectivity index (χ3v) is 9.45. The quantitative estimate of drug-likeness (QED) is 0.277. The first-order valence-corrected chi connectivity index (χ1v) is 17.1. The van der Waals surface area contributed by atoms with E-state index in [0.717, 1.165) is 21.7 Å². The lowest BCUT2D eigenvalue weighted by Crippen LogP contribution is -2.52. The summed E-state index contributed by atoms with van der Waals surface area (Å²) in [6.45, 7) is 7.74. The van der Waals surface area contributed by atoms with Gasteiger partial charge in [-0.05, 0) is 49.2 Å². The maximum atomic E-state index is 13.6. The third-order valence-electron chi connectivity index (χ3n) is 8.96. The average Bonchev–Trinajstić information content (AvgIpc) is 3.64. The van der Waals surface area contributed by atoms with Crippen molar-refractivity contribution in [3.8, 4) is 5.75 Å². The fraction of sp³-hybridized carbons (Fsp3) is 0.389. The second-order valence-corrected chi connectivity index (χ2v) is 12.8. The summed E-state index contributed by atoms with van der Waals surface area (Å²) >= 11 is 11.8. The van der Waals surface area contributed by atoms with Crippen LogP contribution >= 0.6 is 23.2 Å². The van der Waals surface area contributed by atoms with Crippen LogP contribution in [0.15, 0.2) is 66.7 Å². The van der Waals surface area contributed by atoms with E-state index in [1.54, 1.807) is 17.0 Å². The summed E-state index contributed by atoms with van der Waals surface area (Å²) < 4.78 is 6.51. The molecule has 0 bridgehead atoms. The van der Waals surface area contributed by atoms with Gasteiger partial charge in [-0.3, -0.25) is 9.59 Å². The minimum absolute atomic E-state index is 0.119. The van der Waals surface area contributed by atoms with Gasteiger partial charge in [-0.25, -0.2) is 14.5 Å². The van der Waals surface area contributed by atoms with Crippen molar-refractivity contribution in [1.82, 2.24) is 20.4 Å². The van der Waals surface area contributed by atoms with Crippen LogP contribution in [0.4, 0.5) is 15.3 Å². The van der Waals surface area contributed by atoms with Crippen molar-refractivity contribution < 1.29 is 23.9 Å². The van der Waals surface area contributed by atoms with Crippen molar-refractivity contribution in [2.45, 2.75) is 64.0 Å². The van der Waals surface area contributed by atoms with Gasteiger partial charge < -0.3 is 25.6 Å². The highest BCUT2D eigenvalue weighted by atomic mass is 35.5. The Balaban J connectivity index is 0.000000440. The molecule has 2 atom stereocenters. The Kier molecular flexibility index (Phi) is 11.2.